The molecular weight excluding hydrogens is 312 g/mol. The van der Waals surface area contributed by atoms with E-state index in [1.165, 1.54) is 0 Å². The summed E-state index contributed by atoms with van der Waals surface area (Å²) in [6.07, 6.45) is 1.41. The number of ether oxygens (including phenoxy) is 2. The van der Waals surface area contributed by atoms with E-state index in [1.54, 1.807) is 7.11 Å². The summed E-state index contributed by atoms with van der Waals surface area (Å²) in [6.45, 7) is 4.73. The Balaban J connectivity index is 2.60. The molecule has 0 spiro atoms. The van der Waals surface area contributed by atoms with Crippen molar-refractivity contribution in [3.63, 3.8) is 0 Å². The quantitative estimate of drug-likeness (QED) is 0.648. The van der Waals surface area contributed by atoms with Gasteiger partial charge in [0.15, 0.2) is 0 Å². The molecule has 6 heteroatoms. The molecule has 21 heavy (non-hydrogen) atoms. The zero-order chi connectivity index (χ0) is 15.9. The molecule has 1 aromatic carbocycles. The molecule has 0 aliphatic heterocycles. The molecule has 0 fully saturated rings. The van der Waals surface area contributed by atoms with Crippen molar-refractivity contribution in [2.24, 2.45) is 5.41 Å². The van der Waals surface area contributed by atoms with E-state index in [2.05, 4.69) is 0 Å². The number of hydrogen-bond donors (Lipinski definition) is 0. The molecule has 0 radical (unpaired) electrons. The van der Waals surface area contributed by atoms with Gasteiger partial charge in [-0.15, -0.1) is 0 Å². The van der Waals surface area contributed by atoms with E-state index in [1.807, 2.05) is 38.1 Å². The van der Waals surface area contributed by atoms with Crippen LogP contribution in [0.15, 0.2) is 24.3 Å². The molecule has 0 unspecified atom stereocenters. The number of rotatable bonds is 9. The Morgan fingerprint density at radius 2 is 1.71 bits per heavy atom. The minimum atomic E-state index is -3.53. The van der Waals surface area contributed by atoms with E-state index >= 15 is 0 Å². The van der Waals surface area contributed by atoms with Crippen molar-refractivity contribution < 1.29 is 17.9 Å². The Hall–Kier alpha value is -0.780. The lowest BCUT2D eigenvalue weighted by molar-refractivity contribution is 0.0399. The summed E-state index contributed by atoms with van der Waals surface area (Å²) in [5.41, 5.74) is 0.596. The normalized spacial score (nSPS) is 12.4. The maximum absolute atomic E-state index is 11.4. The summed E-state index contributed by atoms with van der Waals surface area (Å²) < 4.78 is 33.5. The minimum Gasteiger partial charge on any atom is -0.497 e. The first-order chi connectivity index (χ1) is 9.84. The second-order valence-corrected chi connectivity index (χ2v) is 8.01. The highest BCUT2D eigenvalue weighted by Gasteiger charge is 2.31. The van der Waals surface area contributed by atoms with Gasteiger partial charge in [0.1, 0.15) is 5.75 Å². The Labute approximate surface area is 131 Å². The lowest BCUT2D eigenvalue weighted by atomic mass is 9.85. The van der Waals surface area contributed by atoms with E-state index < -0.39 is 14.5 Å². The van der Waals surface area contributed by atoms with Gasteiger partial charge in [0, 0.05) is 16.1 Å². The molecule has 0 atom stereocenters. The van der Waals surface area contributed by atoms with Crippen LogP contribution in [0.2, 0.25) is 0 Å². The van der Waals surface area contributed by atoms with Crippen LogP contribution in [-0.4, -0.2) is 27.9 Å². The van der Waals surface area contributed by atoms with Gasteiger partial charge in [0.05, 0.1) is 26.1 Å². The third-order valence-corrected chi connectivity index (χ3v) is 5.10. The zero-order valence-corrected chi connectivity index (χ0v) is 14.3. The first kappa shape index (κ1) is 18.3. The molecule has 0 aliphatic carbocycles. The van der Waals surface area contributed by atoms with E-state index in [0.29, 0.717) is 26.1 Å². The fourth-order valence-electron chi connectivity index (χ4n) is 2.17. The van der Waals surface area contributed by atoms with Crippen LogP contribution in [0.3, 0.4) is 0 Å². The topological polar surface area (TPSA) is 52.6 Å². The Morgan fingerprint density at radius 3 is 2.14 bits per heavy atom. The van der Waals surface area contributed by atoms with Crippen LogP contribution in [0.1, 0.15) is 32.3 Å². The minimum absolute atomic E-state index is 0.0584. The molecule has 0 aromatic heterocycles. The van der Waals surface area contributed by atoms with Crippen molar-refractivity contribution in [2.75, 3.05) is 19.5 Å². The van der Waals surface area contributed by atoms with Gasteiger partial charge in [-0.3, -0.25) is 0 Å². The van der Waals surface area contributed by atoms with Crippen LogP contribution in [0, 0.1) is 5.41 Å². The van der Waals surface area contributed by atoms with Crippen LogP contribution in [0.5, 0.6) is 5.75 Å². The second-order valence-electron chi connectivity index (χ2n) is 5.23. The van der Waals surface area contributed by atoms with Crippen LogP contribution in [-0.2, 0) is 20.4 Å². The smallest absolute Gasteiger partial charge is 0.233 e. The number of hydrogen-bond acceptors (Lipinski definition) is 4. The highest BCUT2D eigenvalue weighted by molar-refractivity contribution is 8.13. The molecule has 4 nitrogen and oxygen atoms in total. The highest BCUT2D eigenvalue weighted by Crippen LogP contribution is 2.30. The summed E-state index contributed by atoms with van der Waals surface area (Å²) in [6, 6.07) is 7.59. The summed E-state index contributed by atoms with van der Waals surface area (Å²) in [5.74, 6) is 0.736. The maximum Gasteiger partial charge on any atom is 0.233 e. The van der Waals surface area contributed by atoms with Gasteiger partial charge >= 0.3 is 0 Å². The predicted octanol–water partition coefficient (Wildman–Crippen LogP) is 3.59. The van der Waals surface area contributed by atoms with Crippen LogP contribution < -0.4 is 4.74 Å². The van der Waals surface area contributed by atoms with Crippen molar-refractivity contribution >= 4 is 19.7 Å². The van der Waals surface area contributed by atoms with Gasteiger partial charge in [0.25, 0.3) is 0 Å². The van der Waals surface area contributed by atoms with E-state index in [9.17, 15) is 8.42 Å². The van der Waals surface area contributed by atoms with Gasteiger partial charge in [-0.05, 0) is 30.5 Å². The van der Waals surface area contributed by atoms with Gasteiger partial charge in [0.2, 0.25) is 9.05 Å². The molecule has 1 rings (SSSR count). The van der Waals surface area contributed by atoms with Gasteiger partial charge < -0.3 is 9.47 Å². The second kappa shape index (κ2) is 8.01. The molecule has 0 heterocycles. The summed E-state index contributed by atoms with van der Waals surface area (Å²) in [4.78, 5) is 0. The molecule has 1 aromatic rings. The molecule has 0 amide bonds. The van der Waals surface area contributed by atoms with E-state index in [4.69, 9.17) is 20.2 Å². The monoisotopic (exact) mass is 334 g/mol. The molecule has 0 aliphatic rings. The number of benzene rings is 1. The molecule has 120 valence electrons. The third-order valence-electron chi connectivity index (χ3n) is 3.81. The third kappa shape index (κ3) is 6.24. The van der Waals surface area contributed by atoms with Gasteiger partial charge in [-0.1, -0.05) is 26.0 Å². The Kier molecular flexibility index (Phi) is 6.97. The largest absolute Gasteiger partial charge is 0.497 e. The SMILES string of the molecule is CCC(CC)(COCc1ccc(OC)cc1)CS(=O)(=O)Cl. The standard InChI is InChI=1S/C15H23ClO4S/c1-4-15(5-2,12-21(16,17)18)11-20-10-13-6-8-14(19-3)9-7-13/h6-9H,4-5,10-12H2,1-3H3. The first-order valence-corrected chi connectivity index (χ1v) is 9.45. The first-order valence-electron chi connectivity index (χ1n) is 6.97. The number of halogens is 1. The summed E-state index contributed by atoms with van der Waals surface area (Å²) in [7, 11) is 3.49. The fraction of sp³-hybridized carbons (Fsp3) is 0.600. The molecule has 0 N–H and O–H groups in total. The average Bonchev–Trinajstić information content (AvgIpc) is 2.45. The zero-order valence-electron chi connectivity index (χ0n) is 12.8. The summed E-state index contributed by atoms with van der Waals surface area (Å²) in [5, 5.41) is 0. The van der Waals surface area contributed by atoms with Crippen molar-refractivity contribution in [3.05, 3.63) is 29.8 Å². The van der Waals surface area contributed by atoms with Gasteiger partial charge in [-0.2, -0.15) is 0 Å². The lowest BCUT2D eigenvalue weighted by Gasteiger charge is -2.30. The fourth-order valence-corrected chi connectivity index (χ4v) is 4.09. The van der Waals surface area contributed by atoms with Crippen LogP contribution >= 0.6 is 10.7 Å². The summed E-state index contributed by atoms with van der Waals surface area (Å²) >= 11 is 0. The van der Waals surface area contributed by atoms with Crippen molar-refractivity contribution in [1.29, 1.82) is 0 Å². The van der Waals surface area contributed by atoms with Crippen molar-refractivity contribution in [2.45, 2.75) is 33.3 Å². The van der Waals surface area contributed by atoms with Crippen molar-refractivity contribution in [1.82, 2.24) is 0 Å². The van der Waals surface area contributed by atoms with Crippen LogP contribution in [0.4, 0.5) is 0 Å². The number of methoxy groups -OCH3 is 1. The highest BCUT2D eigenvalue weighted by atomic mass is 35.7. The van der Waals surface area contributed by atoms with Crippen LogP contribution in [0.25, 0.3) is 0 Å². The molecule has 0 saturated carbocycles. The van der Waals surface area contributed by atoms with Crippen molar-refractivity contribution in [3.8, 4) is 5.75 Å². The Bertz CT molecular complexity index is 521. The van der Waals surface area contributed by atoms with Gasteiger partial charge in [-0.25, -0.2) is 8.42 Å². The maximum atomic E-state index is 11.4. The average molecular weight is 335 g/mol. The van der Waals surface area contributed by atoms with E-state index in [-0.39, 0.29) is 5.75 Å². The Morgan fingerprint density at radius 1 is 1.14 bits per heavy atom. The lowest BCUT2D eigenvalue weighted by Crippen LogP contribution is -2.32. The van der Waals surface area contributed by atoms with E-state index in [0.717, 1.165) is 11.3 Å². The molecule has 0 bridgehead atoms. The predicted molar refractivity (Wildman–Crippen MR) is 85.3 cm³/mol. The molecule has 0 saturated heterocycles. The molecular formula is C15H23ClO4S.